The second-order valence-electron chi connectivity index (χ2n) is 15.8. The molecule has 0 unspecified atom stereocenters. The number of hydrogen-bond acceptors (Lipinski definition) is 4. The van der Waals surface area contributed by atoms with Gasteiger partial charge in [-0.25, -0.2) is 15.0 Å². The highest BCUT2D eigenvalue weighted by Crippen LogP contribution is 2.38. The Balaban J connectivity index is 1.16. The van der Waals surface area contributed by atoms with Crippen molar-refractivity contribution in [3.63, 3.8) is 0 Å². The van der Waals surface area contributed by atoms with Crippen LogP contribution in [-0.2, 0) is 0 Å². The zero-order valence-corrected chi connectivity index (χ0v) is 37.5. The number of rotatable bonds is 9. The molecule has 0 aliphatic carbocycles. The molecule has 0 fully saturated rings. The summed E-state index contributed by atoms with van der Waals surface area (Å²) >= 11 is 0.763. The van der Waals surface area contributed by atoms with E-state index in [0.29, 0.717) is 0 Å². The molecule has 0 saturated carbocycles. The number of aromatic nitrogens is 4. The zero-order chi connectivity index (χ0) is 65.7. The molecule has 4 nitrogen and oxygen atoms in total. The lowest BCUT2D eigenvalue weighted by atomic mass is 10.0. The van der Waals surface area contributed by atoms with Crippen molar-refractivity contribution in [3.05, 3.63) is 254 Å². The van der Waals surface area contributed by atoms with Crippen molar-refractivity contribution in [1.82, 2.24) is 19.5 Å². The van der Waals surface area contributed by atoms with Crippen molar-refractivity contribution >= 4 is 82.1 Å². The van der Waals surface area contributed by atoms with Gasteiger partial charge < -0.3 is 4.57 Å². The first-order valence-electron chi connectivity index (χ1n) is 33.0. The smallest absolute Gasteiger partial charge is 0.179 e. The van der Waals surface area contributed by atoms with Crippen LogP contribution in [0.5, 0.6) is 0 Å². The van der Waals surface area contributed by atoms with Gasteiger partial charge in [-0.3, -0.25) is 0 Å². The average Bonchev–Trinajstić information content (AvgIpc) is 1.52. The van der Waals surface area contributed by atoms with Gasteiger partial charge in [-0.1, -0.05) is 212 Å². The van der Waals surface area contributed by atoms with Crippen LogP contribution in [0.25, 0.3) is 93.0 Å². The molecule has 3 aromatic heterocycles. The first kappa shape index (κ1) is 23.4. The van der Waals surface area contributed by atoms with Crippen LogP contribution in [0, 0.1) is 0 Å². The Hall–Kier alpha value is -8.55. The third-order valence-electron chi connectivity index (χ3n) is 11.9. The first-order valence-corrected chi connectivity index (χ1v) is 24.3. The number of benzene rings is 10. The second-order valence-corrected chi connectivity index (χ2v) is 20.6. The molecular weight excluding hydrogens is 873 g/mol. The van der Waals surface area contributed by atoms with Crippen LogP contribution in [0.3, 0.4) is 0 Å². The molecule has 0 aliphatic rings. The summed E-state index contributed by atoms with van der Waals surface area (Å²) in [5, 5.41) is 2.48. The topological polar surface area (TPSA) is 43.6 Å². The summed E-state index contributed by atoms with van der Waals surface area (Å²) < 4.78 is 212. The molecule has 6 heteroatoms. The molecule has 0 atom stereocenters. The lowest BCUT2D eigenvalue weighted by molar-refractivity contribution is 1.06. The Bertz CT molecular complexity index is 5200. The molecule has 10 aromatic carbocycles. The highest BCUT2D eigenvalue weighted by Gasteiger charge is 2.41. The molecular formula is C63H42N4SSi. The molecule has 0 amide bonds. The maximum Gasteiger partial charge on any atom is 0.179 e. The Kier molecular flexibility index (Phi) is 5.76. The molecule has 0 saturated heterocycles. The zero-order valence-electron chi connectivity index (χ0n) is 58.7. The third-order valence-corrected chi connectivity index (χ3v) is 17.7. The van der Waals surface area contributed by atoms with Crippen molar-refractivity contribution in [2.45, 2.75) is 0 Å². The number of nitrogens with zero attached hydrogens (tertiary/aromatic N) is 4. The average molecular weight is 938 g/mol. The van der Waals surface area contributed by atoms with Crippen LogP contribution in [0.4, 0.5) is 0 Å². The number of thiophene rings is 1. The summed E-state index contributed by atoms with van der Waals surface area (Å²) in [5.41, 5.74) is -3.97. The predicted molar refractivity (Wildman–Crippen MR) is 292 cm³/mol. The molecule has 0 spiro atoms. The summed E-state index contributed by atoms with van der Waals surface area (Å²) in [6, 6.07) is 19.2. The van der Waals surface area contributed by atoms with Gasteiger partial charge in [-0.2, -0.15) is 0 Å². The van der Waals surface area contributed by atoms with Crippen molar-refractivity contribution in [2.75, 3.05) is 0 Å². The van der Waals surface area contributed by atoms with Gasteiger partial charge >= 0.3 is 0 Å². The van der Waals surface area contributed by atoms with Gasteiger partial charge in [0.1, 0.15) is 0 Å². The number of fused-ring (bicyclic) bond motifs is 6. The molecule has 3 heterocycles. The van der Waals surface area contributed by atoms with Crippen LogP contribution in [0.1, 0.15) is 31.5 Å². The van der Waals surface area contributed by atoms with E-state index in [2.05, 4.69) is 0 Å². The summed E-state index contributed by atoms with van der Waals surface area (Å²) in [5.74, 6) is -1.59. The maximum atomic E-state index is 9.80. The highest BCUT2D eigenvalue weighted by molar-refractivity contribution is 7.25. The lowest BCUT2D eigenvalue weighted by Gasteiger charge is -2.34. The Morgan fingerprint density at radius 2 is 0.870 bits per heavy atom. The predicted octanol–water partition coefficient (Wildman–Crippen LogP) is 13.4. The van der Waals surface area contributed by atoms with Gasteiger partial charge in [-0.15, -0.1) is 11.3 Å². The SMILES string of the molecule is [2H]c1c([2H])c([2H])c(-n2c3c([2H])c([2H])c([2H])c([2H])c3c3c([2H])c([2H])c([2H])c([2H])c32)c(-c2nc(-c3cccc([Si](c4ccccc4)(c4ccccc4)c4ccccc4)c3)nc(-c3c([2H])c([2H])c(-c4c([2H])c([2H])c5sc6c([2H])c([2H])c([2H])c([2H])c6c5c4[2H])c([2H])c3[2H])n2)c1[2H]. The fourth-order valence-electron chi connectivity index (χ4n) is 8.94. The molecule has 0 aliphatic heterocycles. The largest absolute Gasteiger partial charge is 0.309 e. The minimum Gasteiger partial charge on any atom is -0.309 e. The van der Waals surface area contributed by atoms with Gasteiger partial charge in [0, 0.05) is 47.6 Å². The van der Waals surface area contributed by atoms with Crippen molar-refractivity contribution in [1.29, 1.82) is 0 Å². The molecule has 0 N–H and O–H groups in total. The third kappa shape index (κ3) is 6.91. The summed E-state index contributed by atoms with van der Waals surface area (Å²) in [6.07, 6.45) is 0. The lowest BCUT2D eigenvalue weighted by Crippen LogP contribution is -2.74. The Labute approximate surface area is 437 Å². The second kappa shape index (κ2) is 17.0. The molecule has 0 radical (unpaired) electrons. The van der Waals surface area contributed by atoms with Gasteiger partial charge in [0.2, 0.25) is 0 Å². The van der Waals surface area contributed by atoms with Gasteiger partial charge in [0.15, 0.2) is 25.5 Å². The molecule has 0 bridgehead atoms. The van der Waals surface area contributed by atoms with Crippen LogP contribution < -0.4 is 20.7 Å². The van der Waals surface area contributed by atoms with Crippen LogP contribution in [0.2, 0.25) is 0 Å². The van der Waals surface area contributed by atoms with E-state index in [1.54, 1.807) is 12.1 Å². The number of hydrogen-bond donors (Lipinski definition) is 0. The minimum atomic E-state index is -3.40. The van der Waals surface area contributed by atoms with E-state index in [9.17, 15) is 15.1 Å². The monoisotopic (exact) mass is 937 g/mol. The first-order chi connectivity index (χ1) is 43.8. The standard InChI is InChI=1S/C63H42N4SSi/c1-4-20-47(21-5-1)69(48-22-6-2-7-23-48,49-24-8-3-9-25-49)50-26-18-19-46(41-50)62-64-61(44-37-35-43(36-38-44)45-39-40-60-55(42-45)53-29-13-17-34-59(53)68-60)65-63(66-62)54-30-12-16-33-58(54)67-56-31-14-10-27-51(56)52-28-11-15-32-57(52)67/h1-42H/i10D,11D,12D,13D,14D,15D,16D,17D,27D,28D,29D,30D,31D,32D,33D,34D,35D,36D,37D,38D,39D,40D,42D. The van der Waals surface area contributed by atoms with Crippen LogP contribution in [0.15, 0.2) is 254 Å². The van der Waals surface area contributed by atoms with E-state index in [0.717, 1.165) is 36.7 Å². The molecule has 69 heavy (non-hydrogen) atoms. The van der Waals surface area contributed by atoms with E-state index in [1.165, 1.54) is 0 Å². The van der Waals surface area contributed by atoms with Gasteiger partial charge in [-0.05, 0) is 74.2 Å². The van der Waals surface area contributed by atoms with Gasteiger partial charge in [0.25, 0.3) is 0 Å². The van der Waals surface area contributed by atoms with E-state index in [4.69, 9.17) is 31.4 Å². The fourth-order valence-corrected chi connectivity index (χ4v) is 14.7. The van der Waals surface area contributed by atoms with Crippen LogP contribution in [-0.4, -0.2) is 27.6 Å². The summed E-state index contributed by atoms with van der Waals surface area (Å²) in [4.78, 5) is 14.6. The normalized spacial score (nSPS) is 16.4. The summed E-state index contributed by atoms with van der Waals surface area (Å²) in [6.45, 7) is 0. The van der Waals surface area contributed by atoms with E-state index in [1.807, 2.05) is 103 Å². The van der Waals surface area contributed by atoms with Crippen molar-refractivity contribution < 1.29 is 31.5 Å². The van der Waals surface area contributed by atoms with Crippen LogP contribution >= 0.6 is 11.3 Å². The molecule has 13 aromatic rings. The minimum absolute atomic E-state index is 0.0157. The molecule has 324 valence electrons. The fraction of sp³-hybridized carbons (Fsp3) is 0. The van der Waals surface area contributed by atoms with E-state index < -0.39 is 208 Å². The Morgan fingerprint density at radius 1 is 0.377 bits per heavy atom. The highest BCUT2D eigenvalue weighted by atomic mass is 32.1. The summed E-state index contributed by atoms with van der Waals surface area (Å²) in [7, 11) is -3.40. The van der Waals surface area contributed by atoms with Crippen molar-refractivity contribution in [2.24, 2.45) is 0 Å². The van der Waals surface area contributed by atoms with E-state index in [-0.39, 0.29) is 31.6 Å². The maximum absolute atomic E-state index is 9.80. The van der Waals surface area contributed by atoms with Gasteiger partial charge in [0.05, 0.1) is 48.2 Å². The van der Waals surface area contributed by atoms with Crippen molar-refractivity contribution in [3.8, 4) is 51.0 Å². The van der Waals surface area contributed by atoms with E-state index >= 15 is 0 Å². The molecule has 13 rings (SSSR count). The Morgan fingerprint density at radius 3 is 1.52 bits per heavy atom. The number of para-hydroxylation sites is 3. The quantitative estimate of drug-likeness (QED) is 0.107.